The summed E-state index contributed by atoms with van der Waals surface area (Å²) in [6.45, 7) is 10.0. The van der Waals surface area contributed by atoms with Gasteiger partial charge in [-0.1, -0.05) is 0 Å². The minimum absolute atomic E-state index is 0.00688. The third-order valence-electron chi connectivity index (χ3n) is 2.78. The molecule has 1 unspecified atom stereocenters. The van der Waals surface area contributed by atoms with E-state index >= 15 is 0 Å². The molecule has 0 aliphatic carbocycles. The Kier molecular flexibility index (Phi) is 6.53. The summed E-state index contributed by atoms with van der Waals surface area (Å²) in [5.41, 5.74) is -1.42. The Hall–Kier alpha value is -2.16. The summed E-state index contributed by atoms with van der Waals surface area (Å²) in [5, 5.41) is 2.85. The number of imide groups is 1. The van der Waals surface area contributed by atoms with E-state index in [-0.39, 0.29) is 19.4 Å². The van der Waals surface area contributed by atoms with Gasteiger partial charge in [0, 0.05) is 12.8 Å². The van der Waals surface area contributed by atoms with Crippen molar-refractivity contribution in [3.63, 3.8) is 0 Å². The summed E-state index contributed by atoms with van der Waals surface area (Å²) in [6.07, 6.45) is -1.95. The molecule has 9 heteroatoms. The largest absolute Gasteiger partial charge is 0.444 e. The highest BCUT2D eigenvalue weighted by Gasteiger charge is 2.36. The van der Waals surface area contributed by atoms with Crippen molar-refractivity contribution in [2.75, 3.05) is 6.54 Å². The van der Waals surface area contributed by atoms with E-state index in [1.807, 2.05) is 0 Å². The van der Waals surface area contributed by atoms with Crippen LogP contribution in [0.2, 0.25) is 0 Å². The highest BCUT2D eigenvalue weighted by Crippen LogP contribution is 2.16. The number of amides is 3. The fourth-order valence-corrected chi connectivity index (χ4v) is 1.90. The molecule has 1 fully saturated rings. The molecule has 1 heterocycles. The number of hydrogen-bond donors (Lipinski definition) is 1. The zero-order valence-electron chi connectivity index (χ0n) is 15.5. The van der Waals surface area contributed by atoms with Crippen LogP contribution < -0.4 is 5.32 Å². The van der Waals surface area contributed by atoms with E-state index in [2.05, 4.69) is 5.32 Å². The number of rotatable bonds is 5. The fourth-order valence-electron chi connectivity index (χ4n) is 1.90. The van der Waals surface area contributed by atoms with Gasteiger partial charge in [-0.25, -0.2) is 9.59 Å². The van der Waals surface area contributed by atoms with Crippen LogP contribution in [0.5, 0.6) is 0 Å². The first-order chi connectivity index (χ1) is 11.3. The summed E-state index contributed by atoms with van der Waals surface area (Å²) >= 11 is 0. The maximum atomic E-state index is 12.3. The van der Waals surface area contributed by atoms with Crippen molar-refractivity contribution in [2.24, 2.45) is 0 Å². The van der Waals surface area contributed by atoms with E-state index in [1.54, 1.807) is 41.5 Å². The Bertz CT molecular complexity index is 530. The molecule has 0 aromatic rings. The van der Waals surface area contributed by atoms with Gasteiger partial charge in [-0.15, -0.1) is 5.06 Å². The molecule has 1 aliphatic heterocycles. The number of hydroxylamine groups is 2. The van der Waals surface area contributed by atoms with Crippen LogP contribution in [0.15, 0.2) is 0 Å². The smallest absolute Gasteiger partial charge is 0.407 e. The lowest BCUT2D eigenvalue weighted by Gasteiger charge is -2.27. The average molecular weight is 358 g/mol. The van der Waals surface area contributed by atoms with Crippen LogP contribution in [0.3, 0.4) is 0 Å². The maximum Gasteiger partial charge on any atom is 0.407 e. The van der Waals surface area contributed by atoms with E-state index < -0.39 is 41.2 Å². The summed E-state index contributed by atoms with van der Waals surface area (Å²) in [5.74, 6) is -2.13. The van der Waals surface area contributed by atoms with Crippen LogP contribution in [0.1, 0.15) is 54.4 Å². The van der Waals surface area contributed by atoms with E-state index in [0.717, 1.165) is 0 Å². The van der Waals surface area contributed by atoms with Crippen LogP contribution in [0.25, 0.3) is 0 Å². The van der Waals surface area contributed by atoms with Gasteiger partial charge in [-0.2, -0.15) is 0 Å². The third-order valence-corrected chi connectivity index (χ3v) is 2.78. The first-order valence-corrected chi connectivity index (χ1v) is 8.01. The molecular formula is C16H26N2O7. The zero-order valence-corrected chi connectivity index (χ0v) is 15.5. The van der Waals surface area contributed by atoms with Gasteiger partial charge in [0.25, 0.3) is 11.8 Å². The Morgan fingerprint density at radius 1 is 1.04 bits per heavy atom. The van der Waals surface area contributed by atoms with Gasteiger partial charge in [-0.05, 0) is 41.5 Å². The van der Waals surface area contributed by atoms with Crippen LogP contribution in [0.4, 0.5) is 4.79 Å². The quantitative estimate of drug-likeness (QED) is 0.737. The first-order valence-electron chi connectivity index (χ1n) is 8.01. The van der Waals surface area contributed by atoms with Gasteiger partial charge in [0.05, 0.1) is 12.1 Å². The Labute approximate surface area is 146 Å². The van der Waals surface area contributed by atoms with Crippen molar-refractivity contribution in [3.05, 3.63) is 0 Å². The summed E-state index contributed by atoms with van der Waals surface area (Å²) in [7, 11) is 0. The van der Waals surface area contributed by atoms with Crippen LogP contribution in [-0.4, -0.2) is 52.8 Å². The highest BCUT2D eigenvalue weighted by molar-refractivity contribution is 6.01. The molecule has 9 nitrogen and oxygen atoms in total. The SMILES string of the molecule is CC(C)(C)OC(=O)NCC(OC(C)(C)C)C(=O)ON1C(=O)CCC1=O. The second-order valence-corrected chi connectivity index (χ2v) is 7.59. The molecule has 1 atom stereocenters. The summed E-state index contributed by atoms with van der Waals surface area (Å²) < 4.78 is 10.7. The average Bonchev–Trinajstić information content (AvgIpc) is 2.72. The lowest BCUT2D eigenvalue weighted by atomic mass is 10.2. The minimum atomic E-state index is -1.21. The number of carbonyl (C=O) groups excluding carboxylic acids is 4. The first kappa shape index (κ1) is 20.9. The third kappa shape index (κ3) is 7.51. The van der Waals surface area contributed by atoms with Crippen LogP contribution in [0, 0.1) is 0 Å². The molecule has 25 heavy (non-hydrogen) atoms. The molecule has 0 aromatic carbocycles. The molecule has 1 N–H and O–H groups in total. The molecule has 1 aliphatic rings. The van der Waals surface area contributed by atoms with Gasteiger partial charge in [0.15, 0.2) is 6.10 Å². The lowest BCUT2D eigenvalue weighted by molar-refractivity contribution is -0.209. The van der Waals surface area contributed by atoms with Gasteiger partial charge < -0.3 is 19.6 Å². The van der Waals surface area contributed by atoms with Crippen LogP contribution in [-0.2, 0) is 28.7 Å². The second kappa shape index (κ2) is 7.81. The Balaban J connectivity index is 2.72. The fraction of sp³-hybridized carbons (Fsp3) is 0.750. The maximum absolute atomic E-state index is 12.3. The lowest BCUT2D eigenvalue weighted by Crippen LogP contribution is -2.46. The van der Waals surface area contributed by atoms with Crippen LogP contribution >= 0.6 is 0 Å². The Morgan fingerprint density at radius 2 is 1.56 bits per heavy atom. The monoisotopic (exact) mass is 358 g/mol. The zero-order chi connectivity index (χ0) is 19.4. The second-order valence-electron chi connectivity index (χ2n) is 7.59. The van der Waals surface area contributed by atoms with E-state index in [1.165, 1.54) is 0 Å². The summed E-state index contributed by atoms with van der Waals surface area (Å²) in [6, 6.07) is 0. The van der Waals surface area contributed by atoms with E-state index in [4.69, 9.17) is 14.3 Å². The molecule has 0 radical (unpaired) electrons. The highest BCUT2D eigenvalue weighted by atomic mass is 16.7. The van der Waals surface area contributed by atoms with Crippen molar-refractivity contribution >= 4 is 23.9 Å². The number of carbonyl (C=O) groups is 4. The number of alkyl carbamates (subject to hydrolysis) is 1. The molecule has 3 amide bonds. The van der Waals surface area contributed by atoms with Crippen molar-refractivity contribution in [3.8, 4) is 0 Å². The number of ether oxygens (including phenoxy) is 2. The van der Waals surface area contributed by atoms with Crippen molar-refractivity contribution < 1.29 is 33.5 Å². The van der Waals surface area contributed by atoms with Gasteiger partial charge in [0.1, 0.15) is 5.60 Å². The Morgan fingerprint density at radius 3 is 2.00 bits per heavy atom. The van der Waals surface area contributed by atoms with E-state index in [0.29, 0.717) is 5.06 Å². The molecule has 142 valence electrons. The number of nitrogens with zero attached hydrogens (tertiary/aromatic N) is 1. The topological polar surface area (TPSA) is 111 Å². The molecule has 0 spiro atoms. The number of hydrogen-bond acceptors (Lipinski definition) is 7. The minimum Gasteiger partial charge on any atom is -0.444 e. The van der Waals surface area contributed by atoms with Gasteiger partial charge >= 0.3 is 12.1 Å². The van der Waals surface area contributed by atoms with Crippen molar-refractivity contribution in [2.45, 2.75) is 71.7 Å². The predicted octanol–water partition coefficient (Wildman–Crippen LogP) is 1.30. The molecule has 1 saturated heterocycles. The van der Waals surface area contributed by atoms with Crippen molar-refractivity contribution in [1.29, 1.82) is 0 Å². The molecule has 1 rings (SSSR count). The standard InChI is InChI=1S/C16H26N2O7/c1-15(2,3)23-10(9-17-14(22)24-16(4,5)6)13(21)25-18-11(19)7-8-12(18)20/h10H,7-9H2,1-6H3,(H,17,22). The molecular weight excluding hydrogens is 332 g/mol. The van der Waals surface area contributed by atoms with E-state index in [9.17, 15) is 19.2 Å². The van der Waals surface area contributed by atoms with Gasteiger partial charge in [-0.3, -0.25) is 9.59 Å². The van der Waals surface area contributed by atoms with Crippen molar-refractivity contribution in [1.82, 2.24) is 10.4 Å². The molecule has 0 aromatic heterocycles. The normalized spacial score (nSPS) is 16.6. The summed E-state index contributed by atoms with van der Waals surface area (Å²) in [4.78, 5) is 52.0. The molecule has 0 saturated carbocycles. The van der Waals surface area contributed by atoms with Gasteiger partial charge in [0.2, 0.25) is 0 Å². The predicted molar refractivity (Wildman–Crippen MR) is 86.0 cm³/mol. The molecule has 0 bridgehead atoms. The number of nitrogens with one attached hydrogen (secondary N) is 1.